The predicted molar refractivity (Wildman–Crippen MR) is 79.2 cm³/mol. The van der Waals surface area contributed by atoms with Crippen molar-refractivity contribution in [3.63, 3.8) is 0 Å². The molecule has 2 N–H and O–H groups in total. The van der Waals surface area contributed by atoms with Crippen molar-refractivity contribution in [2.75, 3.05) is 26.2 Å². The molecule has 0 aliphatic carbocycles. The third kappa shape index (κ3) is 3.35. The molecule has 0 bridgehead atoms. The third-order valence-corrected chi connectivity index (χ3v) is 4.61. The summed E-state index contributed by atoms with van der Waals surface area (Å²) >= 11 is 1.55. The Labute approximate surface area is 119 Å². The number of thiophene rings is 1. The van der Waals surface area contributed by atoms with Gasteiger partial charge in [-0.2, -0.15) is 0 Å². The number of hydrogen-bond donors (Lipinski definition) is 1. The van der Waals surface area contributed by atoms with Gasteiger partial charge < -0.3 is 10.6 Å². The second-order valence-corrected chi connectivity index (χ2v) is 6.96. The van der Waals surface area contributed by atoms with Crippen molar-refractivity contribution in [3.05, 3.63) is 22.4 Å². The zero-order chi connectivity index (χ0) is 14.0. The minimum absolute atomic E-state index is 0.0519. The topological polar surface area (TPSA) is 49.6 Å². The molecular formula is C14H23N3OS. The summed E-state index contributed by atoms with van der Waals surface area (Å²) in [7, 11) is 0. The summed E-state index contributed by atoms with van der Waals surface area (Å²) in [5.41, 5.74) is 6.21. The first-order chi connectivity index (χ1) is 8.89. The van der Waals surface area contributed by atoms with Crippen LogP contribution in [0.15, 0.2) is 17.5 Å². The minimum atomic E-state index is -0.499. The molecule has 1 fully saturated rings. The number of carbonyl (C=O) groups excluding carboxylic acids is 1. The Kier molecular flexibility index (Phi) is 4.28. The highest BCUT2D eigenvalue weighted by atomic mass is 32.1. The Morgan fingerprint density at radius 1 is 1.32 bits per heavy atom. The maximum absolute atomic E-state index is 12.3. The van der Waals surface area contributed by atoms with Gasteiger partial charge in [0, 0.05) is 36.6 Å². The van der Waals surface area contributed by atoms with Crippen LogP contribution in [0.5, 0.6) is 0 Å². The molecule has 0 saturated carbocycles. The number of carbonyl (C=O) groups is 1. The van der Waals surface area contributed by atoms with E-state index in [0.29, 0.717) is 0 Å². The van der Waals surface area contributed by atoms with E-state index in [1.165, 1.54) is 0 Å². The van der Waals surface area contributed by atoms with Crippen molar-refractivity contribution in [2.24, 2.45) is 5.73 Å². The standard InChI is InChI=1S/C14H23N3OS/c1-14(2,3)17-8-6-16(7-9-17)13(18)12(15)11-5-4-10-19-11/h4-5,10,12H,6-9,15H2,1-3H3. The van der Waals surface area contributed by atoms with Crippen LogP contribution in [0.1, 0.15) is 31.7 Å². The van der Waals surface area contributed by atoms with E-state index in [9.17, 15) is 4.79 Å². The molecule has 1 aromatic rings. The molecule has 2 rings (SSSR count). The van der Waals surface area contributed by atoms with E-state index in [0.717, 1.165) is 31.1 Å². The highest BCUT2D eigenvalue weighted by molar-refractivity contribution is 7.10. The monoisotopic (exact) mass is 281 g/mol. The van der Waals surface area contributed by atoms with Crippen LogP contribution in [0.4, 0.5) is 0 Å². The molecule has 2 heterocycles. The van der Waals surface area contributed by atoms with E-state index in [1.54, 1.807) is 11.3 Å². The second kappa shape index (κ2) is 5.61. The van der Waals surface area contributed by atoms with Gasteiger partial charge in [0.05, 0.1) is 0 Å². The van der Waals surface area contributed by atoms with Gasteiger partial charge in [-0.15, -0.1) is 11.3 Å². The molecule has 4 nitrogen and oxygen atoms in total. The number of amides is 1. The van der Waals surface area contributed by atoms with E-state index >= 15 is 0 Å². The average molecular weight is 281 g/mol. The second-order valence-electron chi connectivity index (χ2n) is 5.98. The number of hydrogen-bond acceptors (Lipinski definition) is 4. The molecule has 0 aromatic carbocycles. The first-order valence-electron chi connectivity index (χ1n) is 6.72. The molecule has 1 aromatic heterocycles. The zero-order valence-corrected chi connectivity index (χ0v) is 12.7. The van der Waals surface area contributed by atoms with Gasteiger partial charge >= 0.3 is 0 Å². The van der Waals surface area contributed by atoms with Gasteiger partial charge in [0.15, 0.2) is 0 Å². The van der Waals surface area contributed by atoms with Crippen molar-refractivity contribution in [1.29, 1.82) is 0 Å². The number of nitrogens with zero attached hydrogens (tertiary/aromatic N) is 2. The first-order valence-corrected chi connectivity index (χ1v) is 7.60. The van der Waals surface area contributed by atoms with Crippen LogP contribution < -0.4 is 5.73 Å². The smallest absolute Gasteiger partial charge is 0.245 e. The summed E-state index contributed by atoms with van der Waals surface area (Å²) in [4.78, 5) is 17.6. The molecule has 0 spiro atoms. The molecule has 1 aliphatic rings. The summed E-state index contributed by atoms with van der Waals surface area (Å²) in [6.07, 6.45) is 0. The molecular weight excluding hydrogens is 258 g/mol. The van der Waals surface area contributed by atoms with Crippen molar-refractivity contribution >= 4 is 17.2 Å². The first kappa shape index (κ1) is 14.5. The Morgan fingerprint density at radius 3 is 2.42 bits per heavy atom. The largest absolute Gasteiger partial charge is 0.338 e. The Hall–Kier alpha value is -0.910. The Balaban J connectivity index is 1.93. The quantitative estimate of drug-likeness (QED) is 0.897. The van der Waals surface area contributed by atoms with Gasteiger partial charge in [0.25, 0.3) is 0 Å². The van der Waals surface area contributed by atoms with E-state index in [-0.39, 0.29) is 11.4 Å². The maximum atomic E-state index is 12.3. The SMILES string of the molecule is CC(C)(C)N1CCN(C(=O)C(N)c2cccs2)CC1. The normalized spacial score (nSPS) is 19.5. The number of piperazine rings is 1. The fourth-order valence-electron chi connectivity index (χ4n) is 2.38. The van der Waals surface area contributed by atoms with Crippen LogP contribution in [-0.2, 0) is 4.79 Å². The maximum Gasteiger partial charge on any atom is 0.245 e. The molecule has 1 amide bonds. The highest BCUT2D eigenvalue weighted by Gasteiger charge is 2.30. The van der Waals surface area contributed by atoms with Crippen LogP contribution in [0, 0.1) is 0 Å². The lowest BCUT2D eigenvalue weighted by Crippen LogP contribution is -2.55. The predicted octanol–water partition coefficient (Wildman–Crippen LogP) is 1.69. The summed E-state index contributed by atoms with van der Waals surface area (Å²) in [6.45, 7) is 10.0. The molecule has 1 atom stereocenters. The van der Waals surface area contributed by atoms with E-state index in [2.05, 4.69) is 25.7 Å². The van der Waals surface area contributed by atoms with Crippen LogP contribution >= 0.6 is 11.3 Å². The van der Waals surface area contributed by atoms with Gasteiger partial charge in [-0.1, -0.05) is 6.07 Å². The summed E-state index contributed by atoms with van der Waals surface area (Å²) in [5.74, 6) is 0.0519. The van der Waals surface area contributed by atoms with Crippen LogP contribution in [0.2, 0.25) is 0 Å². The lowest BCUT2D eigenvalue weighted by molar-refractivity contribution is -0.135. The molecule has 106 valence electrons. The number of rotatable bonds is 2. The molecule has 0 radical (unpaired) electrons. The van der Waals surface area contributed by atoms with Crippen molar-refractivity contribution in [2.45, 2.75) is 32.4 Å². The van der Waals surface area contributed by atoms with Gasteiger partial charge in [-0.25, -0.2) is 0 Å². The molecule has 5 heteroatoms. The summed E-state index contributed by atoms with van der Waals surface area (Å²) in [5, 5.41) is 1.96. The van der Waals surface area contributed by atoms with Gasteiger partial charge in [-0.05, 0) is 32.2 Å². The minimum Gasteiger partial charge on any atom is -0.338 e. The summed E-state index contributed by atoms with van der Waals surface area (Å²) in [6, 6.07) is 3.37. The van der Waals surface area contributed by atoms with Crippen LogP contribution in [0.25, 0.3) is 0 Å². The van der Waals surface area contributed by atoms with E-state index < -0.39 is 6.04 Å². The lowest BCUT2D eigenvalue weighted by atomic mass is 10.0. The Morgan fingerprint density at radius 2 is 1.95 bits per heavy atom. The number of nitrogens with two attached hydrogens (primary N) is 1. The van der Waals surface area contributed by atoms with Crippen LogP contribution in [0.3, 0.4) is 0 Å². The molecule has 1 saturated heterocycles. The average Bonchev–Trinajstić information content (AvgIpc) is 2.90. The van der Waals surface area contributed by atoms with Crippen molar-refractivity contribution < 1.29 is 4.79 Å². The van der Waals surface area contributed by atoms with Crippen molar-refractivity contribution in [1.82, 2.24) is 9.80 Å². The lowest BCUT2D eigenvalue weighted by Gasteiger charge is -2.42. The Bertz CT molecular complexity index is 416. The fraction of sp³-hybridized carbons (Fsp3) is 0.643. The van der Waals surface area contributed by atoms with E-state index in [1.807, 2.05) is 22.4 Å². The van der Waals surface area contributed by atoms with Gasteiger partial charge in [0.1, 0.15) is 6.04 Å². The van der Waals surface area contributed by atoms with Crippen molar-refractivity contribution in [3.8, 4) is 0 Å². The summed E-state index contributed by atoms with van der Waals surface area (Å²) < 4.78 is 0. The van der Waals surface area contributed by atoms with Gasteiger partial charge in [0.2, 0.25) is 5.91 Å². The fourth-order valence-corrected chi connectivity index (χ4v) is 3.10. The third-order valence-electron chi connectivity index (χ3n) is 3.66. The molecule has 19 heavy (non-hydrogen) atoms. The molecule has 1 unspecified atom stereocenters. The zero-order valence-electron chi connectivity index (χ0n) is 11.9. The van der Waals surface area contributed by atoms with Gasteiger partial charge in [-0.3, -0.25) is 9.69 Å². The van der Waals surface area contributed by atoms with Crippen LogP contribution in [-0.4, -0.2) is 47.4 Å². The highest BCUT2D eigenvalue weighted by Crippen LogP contribution is 2.21. The molecule has 1 aliphatic heterocycles. The van der Waals surface area contributed by atoms with E-state index in [4.69, 9.17) is 5.73 Å².